The van der Waals surface area contributed by atoms with Crippen LogP contribution in [0.3, 0.4) is 0 Å². The van der Waals surface area contributed by atoms with E-state index in [9.17, 15) is 18.3 Å². The second-order valence-corrected chi connectivity index (χ2v) is 13.1. The molecule has 1 aliphatic heterocycles. The van der Waals surface area contributed by atoms with Crippen molar-refractivity contribution in [3.8, 4) is 28.0 Å². The van der Waals surface area contributed by atoms with Gasteiger partial charge in [0.05, 0.1) is 24.2 Å². The number of sulfonamides is 1. The van der Waals surface area contributed by atoms with Crippen LogP contribution < -0.4 is 9.46 Å². The van der Waals surface area contributed by atoms with Crippen LogP contribution >= 0.6 is 0 Å². The summed E-state index contributed by atoms with van der Waals surface area (Å²) in [6.45, 7) is 13.7. The zero-order chi connectivity index (χ0) is 28.9. The summed E-state index contributed by atoms with van der Waals surface area (Å²) in [5.41, 5.74) is 7.57. The first-order valence-corrected chi connectivity index (χ1v) is 14.9. The molecule has 1 aliphatic rings. The van der Waals surface area contributed by atoms with E-state index in [1.807, 2.05) is 57.2 Å². The maximum Gasteiger partial charge on any atom is 0.337 e. The van der Waals surface area contributed by atoms with Gasteiger partial charge < -0.3 is 14.6 Å². The lowest BCUT2D eigenvalue weighted by molar-refractivity contribution is -0.160. The minimum Gasteiger partial charge on any atom is -0.493 e. The lowest BCUT2D eigenvalue weighted by Crippen LogP contribution is -2.29. The van der Waals surface area contributed by atoms with Gasteiger partial charge in [0.2, 0.25) is 10.0 Å². The van der Waals surface area contributed by atoms with Gasteiger partial charge in [0.1, 0.15) is 5.75 Å². The molecule has 39 heavy (non-hydrogen) atoms. The van der Waals surface area contributed by atoms with Crippen LogP contribution in [-0.2, 0) is 26.0 Å². The van der Waals surface area contributed by atoms with Gasteiger partial charge in [0, 0.05) is 17.5 Å². The largest absolute Gasteiger partial charge is 0.493 e. The van der Waals surface area contributed by atoms with Crippen molar-refractivity contribution in [3.05, 3.63) is 69.8 Å². The van der Waals surface area contributed by atoms with Crippen molar-refractivity contribution in [2.24, 2.45) is 0 Å². The molecule has 8 heteroatoms. The molecule has 0 aromatic heterocycles. The highest BCUT2D eigenvalue weighted by molar-refractivity contribution is 7.92. The summed E-state index contributed by atoms with van der Waals surface area (Å²) in [4.78, 5) is 12.8. The van der Waals surface area contributed by atoms with Crippen LogP contribution in [0.1, 0.15) is 60.3 Å². The molecule has 0 amide bonds. The summed E-state index contributed by atoms with van der Waals surface area (Å²) in [7, 11) is -3.70. The molecule has 4 rings (SSSR count). The number of fused-ring (bicyclic) bond motifs is 1. The number of rotatable bonds is 7. The third-order valence-electron chi connectivity index (χ3n) is 7.07. The van der Waals surface area contributed by atoms with E-state index in [1.165, 1.54) is 0 Å². The molecule has 1 unspecified atom stereocenters. The highest BCUT2D eigenvalue weighted by Gasteiger charge is 2.34. The summed E-state index contributed by atoms with van der Waals surface area (Å²) in [6.07, 6.45) is 0.521. The van der Waals surface area contributed by atoms with Gasteiger partial charge in [-0.05, 0) is 105 Å². The topological polar surface area (TPSA) is 102 Å². The number of benzene rings is 3. The Kier molecular flexibility index (Phi) is 7.58. The van der Waals surface area contributed by atoms with Crippen LogP contribution in [0.5, 0.6) is 5.75 Å². The van der Waals surface area contributed by atoms with Gasteiger partial charge in [0.25, 0.3) is 0 Å². The smallest absolute Gasteiger partial charge is 0.337 e. The second-order valence-electron chi connectivity index (χ2n) is 11.3. The summed E-state index contributed by atoms with van der Waals surface area (Å²) in [6, 6.07) is 11.9. The van der Waals surface area contributed by atoms with E-state index in [0.717, 1.165) is 51.8 Å². The molecule has 0 fully saturated rings. The number of carboxylic acids is 1. The monoisotopic (exact) mass is 551 g/mol. The van der Waals surface area contributed by atoms with Crippen LogP contribution in [0.4, 0.5) is 5.69 Å². The molecule has 0 radical (unpaired) electrons. The highest BCUT2D eigenvalue weighted by atomic mass is 32.2. The molecule has 3 aromatic carbocycles. The molecule has 0 aliphatic carbocycles. The van der Waals surface area contributed by atoms with Gasteiger partial charge in [-0.25, -0.2) is 13.2 Å². The lowest BCUT2D eigenvalue weighted by atomic mass is 9.82. The van der Waals surface area contributed by atoms with Crippen molar-refractivity contribution < 1.29 is 27.8 Å². The molecule has 1 atom stereocenters. The van der Waals surface area contributed by atoms with Gasteiger partial charge >= 0.3 is 5.97 Å². The van der Waals surface area contributed by atoms with E-state index in [1.54, 1.807) is 27.7 Å². The first-order valence-electron chi connectivity index (χ1n) is 13.0. The van der Waals surface area contributed by atoms with Crippen LogP contribution in [0.25, 0.3) is 22.3 Å². The second kappa shape index (κ2) is 10.3. The summed E-state index contributed by atoms with van der Waals surface area (Å²) < 4.78 is 39.8. The number of nitrogens with one attached hydrogen (secondary N) is 1. The maximum absolute atomic E-state index is 12.8. The van der Waals surface area contributed by atoms with E-state index < -0.39 is 27.7 Å². The molecular formula is C31H37NO6S. The van der Waals surface area contributed by atoms with Crippen molar-refractivity contribution in [1.29, 1.82) is 0 Å². The van der Waals surface area contributed by atoms with Crippen LogP contribution in [0, 0.1) is 27.7 Å². The van der Waals surface area contributed by atoms with Gasteiger partial charge in [-0.1, -0.05) is 24.3 Å². The molecule has 0 saturated heterocycles. The first kappa shape index (κ1) is 28.6. The van der Waals surface area contributed by atoms with E-state index in [2.05, 4.69) is 4.72 Å². The minimum atomic E-state index is -3.70. The van der Waals surface area contributed by atoms with E-state index >= 15 is 0 Å². The third-order valence-corrected chi connectivity index (χ3v) is 7.64. The highest BCUT2D eigenvalue weighted by Crippen LogP contribution is 2.48. The summed E-state index contributed by atoms with van der Waals surface area (Å²) in [5, 5.41) is 10.4. The summed E-state index contributed by atoms with van der Waals surface area (Å²) in [5.74, 6) is -0.331. The average Bonchev–Trinajstić information content (AvgIpc) is 3.28. The number of carbonyl (C=O) groups is 1. The third kappa shape index (κ3) is 5.97. The van der Waals surface area contributed by atoms with Crippen molar-refractivity contribution in [3.63, 3.8) is 0 Å². The normalized spacial score (nSPS) is 14.1. The van der Waals surface area contributed by atoms with E-state index in [0.29, 0.717) is 34.5 Å². The molecule has 0 bridgehead atoms. The van der Waals surface area contributed by atoms with Crippen LogP contribution in [0.15, 0.2) is 36.4 Å². The SMILES string of the molecule is Cc1ccc(-c2c(C)c(-c3ccc4c(c3)CCO4)c(C(OC(C)(C)C)C(=O)O)c(C)c2NS(C)(=O)=O)cc1C. The standard InChI is InChI=1S/C31H37NO6S/c1-17-9-10-22(15-18(17)2)26-19(3)25(23-11-12-24-21(16-23)13-14-37-24)27(20(4)28(26)32-39(8,35)36)29(30(33)34)38-31(5,6)7/h9-12,15-16,29,32H,13-14H2,1-8H3,(H,33,34). The Morgan fingerprint density at radius 2 is 1.62 bits per heavy atom. The number of hydrogen-bond donors (Lipinski definition) is 2. The van der Waals surface area contributed by atoms with Gasteiger partial charge in [-0.2, -0.15) is 0 Å². The number of hydrogen-bond acceptors (Lipinski definition) is 5. The molecule has 0 saturated carbocycles. The predicted molar refractivity (Wildman–Crippen MR) is 155 cm³/mol. The molecule has 208 valence electrons. The fourth-order valence-electron chi connectivity index (χ4n) is 5.22. The number of anilines is 1. The molecule has 0 spiro atoms. The Morgan fingerprint density at radius 3 is 2.21 bits per heavy atom. The van der Waals surface area contributed by atoms with Crippen molar-refractivity contribution in [2.45, 2.75) is 66.6 Å². The van der Waals surface area contributed by atoms with Crippen molar-refractivity contribution >= 4 is 21.7 Å². The average molecular weight is 552 g/mol. The zero-order valence-corrected chi connectivity index (χ0v) is 24.7. The minimum absolute atomic E-state index is 0.352. The maximum atomic E-state index is 12.8. The Morgan fingerprint density at radius 1 is 0.974 bits per heavy atom. The molecule has 3 aromatic rings. The molecule has 7 nitrogen and oxygen atoms in total. The van der Waals surface area contributed by atoms with Crippen LogP contribution in [0.2, 0.25) is 0 Å². The predicted octanol–water partition coefficient (Wildman–Crippen LogP) is 6.50. The van der Waals surface area contributed by atoms with Crippen molar-refractivity contribution in [1.82, 2.24) is 0 Å². The molecular weight excluding hydrogens is 514 g/mol. The fourth-order valence-corrected chi connectivity index (χ4v) is 5.85. The number of aliphatic carboxylic acids is 1. The Hall–Kier alpha value is -3.36. The van der Waals surface area contributed by atoms with E-state index in [-0.39, 0.29) is 0 Å². The molecule has 2 N–H and O–H groups in total. The number of ether oxygens (including phenoxy) is 2. The Balaban J connectivity index is 2.17. The molecule has 1 heterocycles. The van der Waals surface area contributed by atoms with E-state index in [4.69, 9.17) is 9.47 Å². The Labute approximate surface area is 231 Å². The van der Waals surface area contributed by atoms with Crippen molar-refractivity contribution in [2.75, 3.05) is 17.6 Å². The summed E-state index contributed by atoms with van der Waals surface area (Å²) >= 11 is 0. The van der Waals surface area contributed by atoms with Gasteiger partial charge in [-0.3, -0.25) is 4.72 Å². The fraction of sp³-hybridized carbons (Fsp3) is 0.387. The Bertz CT molecular complexity index is 1570. The zero-order valence-electron chi connectivity index (χ0n) is 23.9. The van der Waals surface area contributed by atoms with Gasteiger partial charge in [-0.15, -0.1) is 0 Å². The first-order chi connectivity index (χ1) is 18.1. The number of aryl methyl sites for hydroxylation is 2. The lowest BCUT2D eigenvalue weighted by Gasteiger charge is -2.31. The number of carboxylic acid groups (broad SMARTS) is 1. The quantitative estimate of drug-likeness (QED) is 0.347. The van der Waals surface area contributed by atoms with Crippen LogP contribution in [-0.4, -0.2) is 38.0 Å². The van der Waals surface area contributed by atoms with Gasteiger partial charge in [0.15, 0.2) is 6.10 Å².